The molecule has 0 bridgehead atoms. The van der Waals surface area contributed by atoms with Gasteiger partial charge in [-0.15, -0.1) is 0 Å². The first-order valence-electron chi connectivity index (χ1n) is 10.9. The Morgan fingerprint density at radius 3 is 2.29 bits per heavy atom. The molecule has 4 rings (SSSR count). The number of rotatable bonds is 7. The second-order valence-corrected chi connectivity index (χ2v) is 9.80. The molecule has 0 saturated carbocycles. The van der Waals surface area contributed by atoms with Crippen LogP contribution in [0.4, 0.5) is 21.5 Å². The maximum absolute atomic E-state index is 14.6. The number of ether oxygens (including phenoxy) is 1. The highest BCUT2D eigenvalue weighted by atomic mass is 32.2. The summed E-state index contributed by atoms with van der Waals surface area (Å²) in [6.07, 6.45) is 2.05. The van der Waals surface area contributed by atoms with Crippen LogP contribution in [0.25, 0.3) is 0 Å². The molecule has 34 heavy (non-hydrogen) atoms. The molecular weight excluding hydrogens is 457 g/mol. The largest absolute Gasteiger partial charge is 0.495 e. The van der Waals surface area contributed by atoms with Crippen LogP contribution in [0.5, 0.6) is 5.75 Å². The molecule has 3 aromatic rings. The summed E-state index contributed by atoms with van der Waals surface area (Å²) in [6.45, 7) is 3.51. The Labute approximate surface area is 198 Å². The molecule has 1 fully saturated rings. The lowest BCUT2D eigenvalue weighted by Gasteiger charge is -2.19. The highest BCUT2D eigenvalue weighted by Gasteiger charge is 2.23. The normalized spacial score (nSPS) is 13.6. The fourth-order valence-corrected chi connectivity index (χ4v) is 5.12. The van der Waals surface area contributed by atoms with Crippen molar-refractivity contribution in [3.8, 4) is 5.75 Å². The number of benzene rings is 3. The Balaban J connectivity index is 1.56. The lowest BCUT2D eigenvalue weighted by molar-refractivity contribution is 0.102. The number of anilines is 3. The third-order valence-electron chi connectivity index (χ3n) is 5.67. The van der Waals surface area contributed by atoms with Crippen molar-refractivity contribution in [2.24, 2.45) is 0 Å². The van der Waals surface area contributed by atoms with Gasteiger partial charge in [-0.25, -0.2) is 12.8 Å². The number of amides is 1. The average Bonchev–Trinajstić information content (AvgIpc) is 3.35. The zero-order chi connectivity index (χ0) is 24.3. The van der Waals surface area contributed by atoms with Crippen LogP contribution in [0.1, 0.15) is 28.8 Å². The monoisotopic (exact) mass is 483 g/mol. The van der Waals surface area contributed by atoms with E-state index in [0.717, 1.165) is 31.5 Å². The molecule has 0 aromatic heterocycles. The molecular formula is C25H26FN3O4S. The third-order valence-corrected chi connectivity index (χ3v) is 7.07. The molecule has 1 aliphatic heterocycles. The van der Waals surface area contributed by atoms with Gasteiger partial charge in [0.05, 0.1) is 12.8 Å². The Bertz CT molecular complexity index is 1300. The van der Waals surface area contributed by atoms with Crippen LogP contribution in [0.2, 0.25) is 0 Å². The molecule has 1 heterocycles. The number of methoxy groups -OCH3 is 1. The molecule has 0 unspecified atom stereocenters. The van der Waals surface area contributed by atoms with Crippen molar-refractivity contribution < 1.29 is 22.3 Å². The minimum Gasteiger partial charge on any atom is -0.495 e. The molecule has 0 spiro atoms. The minimum absolute atomic E-state index is 0.0918. The Kier molecular flexibility index (Phi) is 6.74. The third kappa shape index (κ3) is 5.14. The van der Waals surface area contributed by atoms with Gasteiger partial charge in [-0.1, -0.05) is 17.7 Å². The topological polar surface area (TPSA) is 87.7 Å². The van der Waals surface area contributed by atoms with Crippen LogP contribution in [-0.2, 0) is 10.0 Å². The van der Waals surface area contributed by atoms with Crippen LogP contribution in [0, 0.1) is 12.7 Å². The SMILES string of the molecule is COc1ccc(C(=O)Nc2ccc(N3CCCC3)c(F)c2)cc1S(=O)(=O)Nc1ccc(C)cc1. The van der Waals surface area contributed by atoms with Gasteiger partial charge in [-0.05, 0) is 68.3 Å². The van der Waals surface area contributed by atoms with E-state index < -0.39 is 21.7 Å². The van der Waals surface area contributed by atoms with Crippen molar-refractivity contribution in [2.45, 2.75) is 24.7 Å². The number of carbonyl (C=O) groups is 1. The maximum atomic E-state index is 14.6. The van der Waals surface area contributed by atoms with Crippen molar-refractivity contribution >= 4 is 33.0 Å². The highest BCUT2D eigenvalue weighted by molar-refractivity contribution is 7.92. The van der Waals surface area contributed by atoms with Crippen LogP contribution in [-0.4, -0.2) is 34.5 Å². The van der Waals surface area contributed by atoms with Gasteiger partial charge >= 0.3 is 0 Å². The number of hydrogen-bond acceptors (Lipinski definition) is 5. The van der Waals surface area contributed by atoms with E-state index in [1.807, 2.05) is 11.8 Å². The number of aryl methyl sites for hydroxylation is 1. The predicted molar refractivity (Wildman–Crippen MR) is 131 cm³/mol. The van der Waals surface area contributed by atoms with E-state index in [9.17, 15) is 17.6 Å². The van der Waals surface area contributed by atoms with Gasteiger partial charge in [0.1, 0.15) is 16.5 Å². The molecule has 3 aromatic carbocycles. The maximum Gasteiger partial charge on any atom is 0.265 e. The summed E-state index contributed by atoms with van der Waals surface area (Å²) in [6, 6.07) is 15.5. The van der Waals surface area contributed by atoms with Gasteiger partial charge in [0, 0.05) is 30.0 Å². The summed E-state index contributed by atoms with van der Waals surface area (Å²) in [4.78, 5) is 14.6. The molecule has 0 radical (unpaired) electrons. The number of halogens is 1. The zero-order valence-corrected chi connectivity index (χ0v) is 19.8. The van der Waals surface area contributed by atoms with Crippen molar-refractivity contribution in [3.63, 3.8) is 0 Å². The summed E-state index contributed by atoms with van der Waals surface area (Å²) in [5.41, 5.74) is 2.26. The van der Waals surface area contributed by atoms with Crippen molar-refractivity contribution in [1.82, 2.24) is 0 Å². The lowest BCUT2D eigenvalue weighted by Crippen LogP contribution is -2.19. The molecule has 0 atom stereocenters. The van der Waals surface area contributed by atoms with Crippen LogP contribution < -0.4 is 19.7 Å². The first kappa shape index (κ1) is 23.6. The number of sulfonamides is 1. The van der Waals surface area contributed by atoms with Crippen LogP contribution in [0.15, 0.2) is 65.6 Å². The zero-order valence-electron chi connectivity index (χ0n) is 19.0. The lowest BCUT2D eigenvalue weighted by atomic mass is 10.2. The average molecular weight is 484 g/mol. The minimum atomic E-state index is -4.04. The quantitative estimate of drug-likeness (QED) is 0.504. The van der Waals surface area contributed by atoms with Gasteiger partial charge in [0.15, 0.2) is 0 Å². The predicted octanol–water partition coefficient (Wildman–Crippen LogP) is 4.80. The molecule has 7 nitrogen and oxygen atoms in total. The van der Waals surface area contributed by atoms with E-state index in [4.69, 9.17) is 4.74 Å². The van der Waals surface area contributed by atoms with E-state index in [0.29, 0.717) is 11.4 Å². The highest BCUT2D eigenvalue weighted by Crippen LogP contribution is 2.29. The first-order valence-corrected chi connectivity index (χ1v) is 12.4. The van der Waals surface area contributed by atoms with E-state index in [1.165, 1.54) is 31.4 Å². The molecule has 1 saturated heterocycles. The van der Waals surface area contributed by atoms with Gasteiger partial charge in [-0.2, -0.15) is 0 Å². The number of carbonyl (C=O) groups excluding carboxylic acids is 1. The molecule has 1 aliphatic rings. The van der Waals surface area contributed by atoms with Gasteiger partial charge < -0.3 is 15.0 Å². The first-order chi connectivity index (χ1) is 16.3. The van der Waals surface area contributed by atoms with Crippen molar-refractivity contribution in [1.29, 1.82) is 0 Å². The fraction of sp³-hybridized carbons (Fsp3) is 0.240. The standard InChI is InChI=1S/C25H26FN3O4S/c1-17-5-8-19(9-6-17)28-34(31,32)24-15-18(7-12-23(24)33-2)25(30)27-20-10-11-22(21(26)16-20)29-13-3-4-14-29/h5-12,15-16,28H,3-4,13-14H2,1-2H3,(H,27,30). The Morgan fingerprint density at radius 2 is 1.65 bits per heavy atom. The molecule has 0 aliphatic carbocycles. The van der Waals surface area contributed by atoms with Gasteiger partial charge in [-0.3, -0.25) is 9.52 Å². The van der Waals surface area contributed by atoms with Crippen molar-refractivity contribution in [2.75, 3.05) is 35.1 Å². The second-order valence-electron chi connectivity index (χ2n) is 8.15. The second kappa shape index (κ2) is 9.72. The molecule has 9 heteroatoms. The smallest absolute Gasteiger partial charge is 0.265 e. The molecule has 178 valence electrons. The van der Waals surface area contributed by atoms with E-state index in [-0.39, 0.29) is 21.9 Å². The Hall–Kier alpha value is -3.59. The van der Waals surface area contributed by atoms with Crippen LogP contribution in [0.3, 0.4) is 0 Å². The summed E-state index contributed by atoms with van der Waals surface area (Å²) >= 11 is 0. The van der Waals surface area contributed by atoms with Gasteiger partial charge in [0.25, 0.3) is 15.9 Å². The fourth-order valence-electron chi connectivity index (χ4n) is 3.86. The van der Waals surface area contributed by atoms with Gasteiger partial charge in [0.2, 0.25) is 0 Å². The van der Waals surface area contributed by atoms with E-state index >= 15 is 0 Å². The summed E-state index contributed by atoms with van der Waals surface area (Å²) in [7, 11) is -2.69. The molecule has 1 amide bonds. The number of nitrogens with zero attached hydrogens (tertiary/aromatic N) is 1. The molecule has 2 N–H and O–H groups in total. The van der Waals surface area contributed by atoms with E-state index in [1.54, 1.807) is 36.4 Å². The number of nitrogens with one attached hydrogen (secondary N) is 2. The summed E-state index contributed by atoms with van der Waals surface area (Å²) < 4.78 is 48.4. The Morgan fingerprint density at radius 1 is 0.971 bits per heavy atom. The van der Waals surface area contributed by atoms with Crippen molar-refractivity contribution in [3.05, 3.63) is 77.6 Å². The number of hydrogen-bond donors (Lipinski definition) is 2. The van der Waals surface area contributed by atoms with Crippen LogP contribution >= 0.6 is 0 Å². The summed E-state index contributed by atoms with van der Waals surface area (Å²) in [5, 5.41) is 2.64. The summed E-state index contributed by atoms with van der Waals surface area (Å²) in [5.74, 6) is -0.889. The van der Waals surface area contributed by atoms with E-state index in [2.05, 4.69) is 10.0 Å².